The molecule has 6 nitrogen and oxygen atoms in total. The van der Waals surface area contributed by atoms with Crippen molar-refractivity contribution >= 4 is 23.4 Å². The van der Waals surface area contributed by atoms with Crippen LogP contribution < -0.4 is 5.32 Å². The fourth-order valence-corrected chi connectivity index (χ4v) is 3.83. The highest BCUT2D eigenvalue weighted by Crippen LogP contribution is 2.30. The first-order chi connectivity index (χ1) is 15.6. The zero-order chi connectivity index (χ0) is 24.2. The topological polar surface area (TPSA) is 69.7 Å². The number of halogens is 3. The highest BCUT2D eigenvalue weighted by atomic mass is 19.4. The monoisotopic (exact) mass is 461 g/mol. The summed E-state index contributed by atoms with van der Waals surface area (Å²) in [5, 5.41) is 2.85. The molecular weight excluding hydrogens is 435 g/mol. The van der Waals surface area contributed by atoms with Gasteiger partial charge in [0.1, 0.15) is 0 Å². The summed E-state index contributed by atoms with van der Waals surface area (Å²) in [6.07, 6.45) is -4.47. The molecule has 1 aliphatic heterocycles. The molecule has 2 aromatic rings. The molecule has 0 aromatic heterocycles. The maximum atomic E-state index is 13.0. The van der Waals surface area contributed by atoms with E-state index < -0.39 is 17.7 Å². The lowest BCUT2D eigenvalue weighted by atomic mass is 10.1. The van der Waals surface area contributed by atoms with E-state index in [-0.39, 0.29) is 37.2 Å². The summed E-state index contributed by atoms with van der Waals surface area (Å²) in [7, 11) is 0. The standard InChI is InChI=1S/C24H26F3N3O3/c1-3-29(16(2)31)14-18-8-4-5-10-21(18)28-23(33)19-12-22(32)30(15-19)13-17-7-6-9-20(11-17)24(25,26)27/h4-11,19H,3,12-15H2,1-2H3,(H,28,33). The minimum atomic E-state index is -4.46. The summed E-state index contributed by atoms with van der Waals surface area (Å²) < 4.78 is 38.9. The van der Waals surface area contributed by atoms with Gasteiger partial charge in [0.15, 0.2) is 0 Å². The van der Waals surface area contributed by atoms with Crippen LogP contribution in [0, 0.1) is 5.92 Å². The first-order valence-corrected chi connectivity index (χ1v) is 10.7. The average molecular weight is 461 g/mol. The van der Waals surface area contributed by atoms with E-state index in [4.69, 9.17) is 0 Å². The van der Waals surface area contributed by atoms with Gasteiger partial charge in [0.25, 0.3) is 0 Å². The van der Waals surface area contributed by atoms with Crippen molar-refractivity contribution in [1.82, 2.24) is 9.80 Å². The van der Waals surface area contributed by atoms with Gasteiger partial charge in [0.05, 0.1) is 11.5 Å². The van der Waals surface area contributed by atoms with Gasteiger partial charge in [-0.15, -0.1) is 0 Å². The molecule has 9 heteroatoms. The Morgan fingerprint density at radius 2 is 1.88 bits per heavy atom. The van der Waals surface area contributed by atoms with Gasteiger partial charge in [-0.25, -0.2) is 0 Å². The maximum absolute atomic E-state index is 13.0. The molecule has 33 heavy (non-hydrogen) atoms. The molecule has 1 N–H and O–H groups in total. The van der Waals surface area contributed by atoms with E-state index >= 15 is 0 Å². The van der Waals surface area contributed by atoms with Crippen LogP contribution in [-0.2, 0) is 33.6 Å². The second kappa shape index (κ2) is 10.1. The number of amides is 3. The molecule has 1 heterocycles. The van der Waals surface area contributed by atoms with Crippen molar-refractivity contribution < 1.29 is 27.6 Å². The minimum absolute atomic E-state index is 0.00713. The number of carbonyl (C=O) groups excluding carboxylic acids is 3. The van der Waals surface area contributed by atoms with Gasteiger partial charge in [-0.2, -0.15) is 13.2 Å². The number of nitrogens with zero attached hydrogens (tertiary/aromatic N) is 2. The summed E-state index contributed by atoms with van der Waals surface area (Å²) in [6.45, 7) is 4.34. The van der Waals surface area contributed by atoms with Crippen molar-refractivity contribution in [2.24, 2.45) is 5.92 Å². The Morgan fingerprint density at radius 1 is 1.15 bits per heavy atom. The number of para-hydroxylation sites is 1. The highest BCUT2D eigenvalue weighted by Gasteiger charge is 2.35. The first kappa shape index (κ1) is 24.3. The molecule has 0 saturated carbocycles. The van der Waals surface area contributed by atoms with E-state index in [2.05, 4.69) is 5.32 Å². The smallest absolute Gasteiger partial charge is 0.339 e. The number of benzene rings is 2. The highest BCUT2D eigenvalue weighted by molar-refractivity contribution is 5.97. The van der Waals surface area contributed by atoms with E-state index in [9.17, 15) is 27.6 Å². The van der Waals surface area contributed by atoms with Gasteiger partial charge in [0, 0.05) is 45.2 Å². The molecule has 1 saturated heterocycles. The third-order valence-corrected chi connectivity index (χ3v) is 5.68. The summed E-state index contributed by atoms with van der Waals surface area (Å²) in [4.78, 5) is 40.1. The van der Waals surface area contributed by atoms with Crippen molar-refractivity contribution in [3.8, 4) is 0 Å². The molecule has 1 atom stereocenters. The summed E-state index contributed by atoms with van der Waals surface area (Å²) >= 11 is 0. The molecule has 176 valence electrons. The maximum Gasteiger partial charge on any atom is 0.416 e. The Hall–Kier alpha value is -3.36. The normalized spacial score (nSPS) is 16.1. The van der Waals surface area contributed by atoms with Crippen LogP contribution in [0.1, 0.15) is 37.0 Å². The van der Waals surface area contributed by atoms with E-state index in [1.54, 1.807) is 17.0 Å². The van der Waals surface area contributed by atoms with E-state index in [1.807, 2.05) is 19.1 Å². The fourth-order valence-electron chi connectivity index (χ4n) is 3.83. The van der Waals surface area contributed by atoms with Crippen molar-refractivity contribution in [3.63, 3.8) is 0 Å². The molecule has 1 unspecified atom stereocenters. The number of nitrogens with one attached hydrogen (secondary N) is 1. The number of hydrogen-bond acceptors (Lipinski definition) is 3. The quantitative estimate of drug-likeness (QED) is 0.676. The lowest BCUT2D eigenvalue weighted by Crippen LogP contribution is -2.30. The zero-order valence-corrected chi connectivity index (χ0v) is 18.5. The Balaban J connectivity index is 1.66. The minimum Gasteiger partial charge on any atom is -0.339 e. The number of anilines is 1. The van der Waals surface area contributed by atoms with Gasteiger partial charge in [-0.1, -0.05) is 30.3 Å². The molecule has 3 rings (SSSR count). The Bertz CT molecular complexity index is 1040. The van der Waals surface area contributed by atoms with Crippen LogP contribution in [0.25, 0.3) is 0 Å². The van der Waals surface area contributed by atoms with Crippen LogP contribution in [0.5, 0.6) is 0 Å². The van der Waals surface area contributed by atoms with Crippen molar-refractivity contribution in [2.75, 3.05) is 18.4 Å². The third-order valence-electron chi connectivity index (χ3n) is 5.68. The van der Waals surface area contributed by atoms with Crippen LogP contribution in [0.3, 0.4) is 0 Å². The van der Waals surface area contributed by atoms with Crippen molar-refractivity contribution in [3.05, 3.63) is 65.2 Å². The number of carbonyl (C=O) groups is 3. The average Bonchev–Trinajstić information content (AvgIpc) is 3.12. The van der Waals surface area contributed by atoms with Gasteiger partial charge in [-0.05, 0) is 36.2 Å². The molecule has 0 bridgehead atoms. The number of alkyl halides is 3. The SMILES string of the molecule is CCN(Cc1ccccc1NC(=O)C1CC(=O)N(Cc2cccc(C(F)(F)F)c2)C1)C(C)=O. The van der Waals surface area contributed by atoms with Gasteiger partial charge >= 0.3 is 6.18 Å². The van der Waals surface area contributed by atoms with Crippen LogP contribution in [0.15, 0.2) is 48.5 Å². The molecule has 1 fully saturated rings. The van der Waals surface area contributed by atoms with Crippen LogP contribution in [0.2, 0.25) is 0 Å². The van der Waals surface area contributed by atoms with Gasteiger partial charge in [0.2, 0.25) is 17.7 Å². The second-order valence-electron chi connectivity index (χ2n) is 8.05. The number of hydrogen-bond donors (Lipinski definition) is 1. The lowest BCUT2D eigenvalue weighted by Gasteiger charge is -2.21. The van der Waals surface area contributed by atoms with Crippen LogP contribution in [-0.4, -0.2) is 40.6 Å². The number of likely N-dealkylation sites (tertiary alicyclic amines) is 1. The van der Waals surface area contributed by atoms with Crippen LogP contribution in [0.4, 0.5) is 18.9 Å². The first-order valence-electron chi connectivity index (χ1n) is 10.7. The predicted octanol–water partition coefficient (Wildman–Crippen LogP) is 4.06. The third kappa shape index (κ3) is 6.12. The fraction of sp³-hybridized carbons (Fsp3) is 0.375. The summed E-state index contributed by atoms with van der Waals surface area (Å²) in [5.74, 6) is -1.32. The molecule has 0 aliphatic carbocycles. The van der Waals surface area contributed by atoms with E-state index in [0.717, 1.165) is 17.7 Å². The molecule has 3 amide bonds. The summed E-state index contributed by atoms with van der Waals surface area (Å²) in [5.41, 5.74) is 0.914. The second-order valence-corrected chi connectivity index (χ2v) is 8.05. The Morgan fingerprint density at radius 3 is 2.55 bits per heavy atom. The van der Waals surface area contributed by atoms with E-state index in [0.29, 0.717) is 24.3 Å². The predicted molar refractivity (Wildman–Crippen MR) is 117 cm³/mol. The van der Waals surface area contributed by atoms with Gasteiger partial charge in [-0.3, -0.25) is 14.4 Å². The lowest BCUT2D eigenvalue weighted by molar-refractivity contribution is -0.137. The van der Waals surface area contributed by atoms with Crippen molar-refractivity contribution in [1.29, 1.82) is 0 Å². The molecule has 2 aromatic carbocycles. The van der Waals surface area contributed by atoms with Crippen molar-refractivity contribution in [2.45, 2.75) is 39.5 Å². The largest absolute Gasteiger partial charge is 0.416 e. The molecule has 0 radical (unpaired) electrons. The molecule has 1 aliphatic rings. The molecule has 0 spiro atoms. The Labute approximate surface area is 190 Å². The van der Waals surface area contributed by atoms with Gasteiger partial charge < -0.3 is 15.1 Å². The zero-order valence-electron chi connectivity index (χ0n) is 18.5. The van der Waals surface area contributed by atoms with Crippen LogP contribution >= 0.6 is 0 Å². The number of rotatable bonds is 7. The summed E-state index contributed by atoms with van der Waals surface area (Å²) in [6, 6.07) is 12.0. The van der Waals surface area contributed by atoms with E-state index in [1.165, 1.54) is 24.0 Å². The molecular formula is C24H26F3N3O3. The Kier molecular flexibility index (Phi) is 7.40.